The molecule has 128 valence electrons. The predicted octanol–water partition coefficient (Wildman–Crippen LogP) is 3.78. The van der Waals surface area contributed by atoms with Gasteiger partial charge in [-0.1, -0.05) is 6.92 Å². The highest BCUT2D eigenvalue weighted by Crippen LogP contribution is 2.30. The van der Waals surface area contributed by atoms with Gasteiger partial charge in [-0.05, 0) is 57.7 Å². The molecule has 1 atom stereocenters. The van der Waals surface area contributed by atoms with E-state index in [0.29, 0.717) is 13.2 Å². The molecular weight excluding hydrogens is 292 g/mol. The van der Waals surface area contributed by atoms with Gasteiger partial charge in [0.15, 0.2) is 0 Å². The minimum absolute atomic E-state index is 0.248. The third kappa shape index (κ3) is 5.20. The molecule has 0 aromatic carbocycles. The normalized spacial score (nSPS) is 22.0. The average molecular weight is 320 g/mol. The zero-order valence-electron chi connectivity index (χ0n) is 14.7. The summed E-state index contributed by atoms with van der Waals surface area (Å²) >= 11 is 0. The summed E-state index contributed by atoms with van der Waals surface area (Å²) in [6.45, 7) is 9.65. The molecule has 1 fully saturated rings. The van der Waals surface area contributed by atoms with Crippen molar-refractivity contribution in [3.05, 3.63) is 30.1 Å². The Kier molecular flexibility index (Phi) is 5.63. The van der Waals surface area contributed by atoms with Crippen molar-refractivity contribution in [3.8, 4) is 0 Å². The molecule has 2 rings (SSSR count). The number of rotatable bonds is 4. The Morgan fingerprint density at radius 2 is 2.04 bits per heavy atom. The summed E-state index contributed by atoms with van der Waals surface area (Å²) in [5.41, 5.74) is 0.335. The molecule has 1 aliphatic rings. The van der Waals surface area contributed by atoms with Crippen LogP contribution in [0, 0.1) is 0 Å². The molecule has 1 aromatic heterocycles. The number of hydrogen-bond acceptors (Lipinski definition) is 4. The molecule has 0 spiro atoms. The highest BCUT2D eigenvalue weighted by molar-refractivity contribution is 5.68. The summed E-state index contributed by atoms with van der Waals surface area (Å²) in [6.07, 6.45) is 6.06. The first-order valence-corrected chi connectivity index (χ1v) is 8.34. The number of amides is 1. The predicted molar refractivity (Wildman–Crippen MR) is 89.1 cm³/mol. The molecule has 1 amide bonds. The largest absolute Gasteiger partial charge is 0.444 e. The zero-order chi connectivity index (χ0) is 16.9. The second-order valence-corrected chi connectivity index (χ2v) is 7.19. The Labute approximate surface area is 139 Å². The minimum Gasteiger partial charge on any atom is -0.444 e. The van der Waals surface area contributed by atoms with Gasteiger partial charge < -0.3 is 14.4 Å². The Bertz CT molecular complexity index is 513. The van der Waals surface area contributed by atoms with Gasteiger partial charge >= 0.3 is 6.09 Å². The fourth-order valence-electron chi connectivity index (χ4n) is 2.80. The fraction of sp³-hybridized carbons (Fsp3) is 0.667. The van der Waals surface area contributed by atoms with Crippen molar-refractivity contribution in [2.24, 2.45) is 0 Å². The Balaban J connectivity index is 1.99. The smallest absolute Gasteiger partial charge is 0.410 e. The van der Waals surface area contributed by atoms with E-state index in [9.17, 15) is 4.79 Å². The van der Waals surface area contributed by atoms with Crippen LogP contribution in [-0.4, -0.2) is 40.3 Å². The number of hydrogen-bond donors (Lipinski definition) is 0. The van der Waals surface area contributed by atoms with Gasteiger partial charge in [-0.15, -0.1) is 0 Å². The topological polar surface area (TPSA) is 51.7 Å². The SMILES string of the molecule is CCC1(OCc2ccncc2)CCCN(C(=O)OC(C)(C)C)C1. The van der Waals surface area contributed by atoms with Crippen LogP contribution in [0.1, 0.15) is 52.5 Å². The monoisotopic (exact) mass is 320 g/mol. The molecule has 5 heteroatoms. The summed E-state index contributed by atoms with van der Waals surface area (Å²) in [4.78, 5) is 18.1. The summed E-state index contributed by atoms with van der Waals surface area (Å²) in [5.74, 6) is 0. The number of carbonyl (C=O) groups is 1. The van der Waals surface area contributed by atoms with Crippen LogP contribution in [0.3, 0.4) is 0 Å². The van der Waals surface area contributed by atoms with Gasteiger partial charge in [0.2, 0.25) is 0 Å². The molecule has 23 heavy (non-hydrogen) atoms. The van der Waals surface area contributed by atoms with Crippen molar-refractivity contribution in [1.82, 2.24) is 9.88 Å². The lowest BCUT2D eigenvalue weighted by Crippen LogP contribution is -2.52. The highest BCUT2D eigenvalue weighted by atomic mass is 16.6. The average Bonchev–Trinajstić information content (AvgIpc) is 2.53. The van der Waals surface area contributed by atoms with Gasteiger partial charge in [-0.3, -0.25) is 4.98 Å². The molecule has 2 heterocycles. The van der Waals surface area contributed by atoms with Crippen molar-refractivity contribution >= 4 is 6.09 Å². The lowest BCUT2D eigenvalue weighted by atomic mass is 9.90. The lowest BCUT2D eigenvalue weighted by molar-refractivity contribution is -0.101. The molecular formula is C18H28N2O3. The van der Waals surface area contributed by atoms with Gasteiger partial charge in [-0.25, -0.2) is 4.79 Å². The van der Waals surface area contributed by atoms with E-state index in [1.54, 1.807) is 17.3 Å². The van der Waals surface area contributed by atoms with Crippen molar-refractivity contribution in [3.63, 3.8) is 0 Å². The lowest BCUT2D eigenvalue weighted by Gasteiger charge is -2.42. The number of aromatic nitrogens is 1. The maximum atomic E-state index is 12.3. The van der Waals surface area contributed by atoms with Crippen molar-refractivity contribution in [2.45, 2.75) is 64.8 Å². The van der Waals surface area contributed by atoms with Crippen LogP contribution in [0.4, 0.5) is 4.79 Å². The first-order valence-electron chi connectivity index (χ1n) is 8.34. The summed E-state index contributed by atoms with van der Waals surface area (Å²) in [5, 5.41) is 0. The van der Waals surface area contributed by atoms with Crippen LogP contribution in [0.2, 0.25) is 0 Å². The molecule has 0 bridgehead atoms. The molecule has 1 aliphatic heterocycles. The van der Waals surface area contributed by atoms with E-state index < -0.39 is 5.60 Å². The van der Waals surface area contributed by atoms with Gasteiger partial charge in [0.05, 0.1) is 18.8 Å². The molecule has 0 saturated carbocycles. The fourth-order valence-corrected chi connectivity index (χ4v) is 2.80. The van der Waals surface area contributed by atoms with Gasteiger partial charge in [-0.2, -0.15) is 0 Å². The third-order valence-electron chi connectivity index (χ3n) is 4.13. The molecule has 1 unspecified atom stereocenters. The van der Waals surface area contributed by atoms with Crippen molar-refractivity contribution in [1.29, 1.82) is 0 Å². The number of nitrogens with zero attached hydrogens (tertiary/aromatic N) is 2. The number of ether oxygens (including phenoxy) is 2. The summed E-state index contributed by atoms with van der Waals surface area (Å²) in [6, 6.07) is 3.91. The van der Waals surface area contributed by atoms with Gasteiger partial charge in [0, 0.05) is 18.9 Å². The van der Waals surface area contributed by atoms with E-state index in [2.05, 4.69) is 11.9 Å². The Hall–Kier alpha value is -1.62. The van der Waals surface area contributed by atoms with Crippen molar-refractivity contribution < 1.29 is 14.3 Å². The second kappa shape index (κ2) is 7.30. The maximum Gasteiger partial charge on any atom is 0.410 e. The van der Waals surface area contributed by atoms with E-state index in [4.69, 9.17) is 9.47 Å². The molecule has 0 radical (unpaired) electrons. The van der Waals surface area contributed by atoms with Crippen LogP contribution < -0.4 is 0 Å². The number of likely N-dealkylation sites (tertiary alicyclic amines) is 1. The quantitative estimate of drug-likeness (QED) is 0.847. The van der Waals surface area contributed by atoms with Gasteiger partial charge in [0.1, 0.15) is 5.60 Å². The Morgan fingerprint density at radius 1 is 1.35 bits per heavy atom. The van der Waals surface area contributed by atoms with Gasteiger partial charge in [0.25, 0.3) is 0 Å². The van der Waals surface area contributed by atoms with E-state index >= 15 is 0 Å². The van der Waals surface area contributed by atoms with E-state index in [-0.39, 0.29) is 11.7 Å². The number of carbonyl (C=O) groups excluding carboxylic acids is 1. The second-order valence-electron chi connectivity index (χ2n) is 7.19. The first-order chi connectivity index (χ1) is 10.8. The van der Waals surface area contributed by atoms with E-state index in [1.165, 1.54) is 0 Å². The third-order valence-corrected chi connectivity index (χ3v) is 4.13. The van der Waals surface area contributed by atoms with E-state index in [1.807, 2.05) is 32.9 Å². The van der Waals surface area contributed by atoms with Crippen molar-refractivity contribution in [2.75, 3.05) is 13.1 Å². The van der Waals surface area contributed by atoms with E-state index in [0.717, 1.165) is 31.4 Å². The molecule has 1 saturated heterocycles. The molecule has 0 N–H and O–H groups in total. The highest BCUT2D eigenvalue weighted by Gasteiger charge is 2.38. The zero-order valence-corrected chi connectivity index (χ0v) is 14.7. The van der Waals surface area contributed by atoms with Crippen LogP contribution in [0.15, 0.2) is 24.5 Å². The van der Waals surface area contributed by atoms with Crippen LogP contribution >= 0.6 is 0 Å². The standard InChI is InChI=1S/C18H28N2O3/c1-5-18(22-13-15-7-10-19-11-8-15)9-6-12-20(14-18)16(21)23-17(2,3)4/h7-8,10-11H,5-6,9,12-14H2,1-4H3. The first kappa shape index (κ1) is 17.7. The Morgan fingerprint density at radius 3 is 2.65 bits per heavy atom. The van der Waals surface area contributed by atoms with Crippen LogP contribution in [0.5, 0.6) is 0 Å². The van der Waals surface area contributed by atoms with Crippen LogP contribution in [0.25, 0.3) is 0 Å². The van der Waals surface area contributed by atoms with Crippen LogP contribution in [-0.2, 0) is 16.1 Å². The summed E-state index contributed by atoms with van der Waals surface area (Å²) < 4.78 is 11.7. The number of pyridine rings is 1. The minimum atomic E-state index is -0.471. The maximum absolute atomic E-state index is 12.3. The molecule has 1 aromatic rings. The molecule has 0 aliphatic carbocycles. The molecule has 5 nitrogen and oxygen atoms in total. The number of piperidine rings is 1. The summed E-state index contributed by atoms with van der Waals surface area (Å²) in [7, 11) is 0.